The van der Waals surface area contributed by atoms with Gasteiger partial charge in [0.1, 0.15) is 18.1 Å². The van der Waals surface area contributed by atoms with Gasteiger partial charge in [-0.05, 0) is 30.2 Å². The molecule has 0 aromatic heterocycles. The molecule has 0 radical (unpaired) electrons. The van der Waals surface area contributed by atoms with Crippen molar-refractivity contribution in [2.75, 3.05) is 19.8 Å². The molecule has 1 saturated heterocycles. The van der Waals surface area contributed by atoms with E-state index < -0.39 is 5.54 Å². The van der Waals surface area contributed by atoms with Crippen LogP contribution in [0.15, 0.2) is 48.5 Å². The Morgan fingerprint density at radius 3 is 2.89 bits per heavy atom. The number of benzene rings is 2. The minimum atomic E-state index is -1.03. The number of hydrogen-bond acceptors (Lipinski definition) is 4. The van der Waals surface area contributed by atoms with Gasteiger partial charge in [-0.2, -0.15) is 0 Å². The van der Waals surface area contributed by atoms with Crippen LogP contribution in [0.5, 0.6) is 11.5 Å². The molecule has 0 aliphatic carbocycles. The van der Waals surface area contributed by atoms with Crippen molar-refractivity contribution < 1.29 is 19.1 Å². The first-order valence-electron chi connectivity index (χ1n) is 9.22. The predicted octanol–water partition coefficient (Wildman–Crippen LogP) is 2.86. The molecule has 2 aromatic rings. The van der Waals surface area contributed by atoms with Crippen molar-refractivity contribution in [2.24, 2.45) is 0 Å². The third-order valence-electron chi connectivity index (χ3n) is 5.15. The Hall–Kier alpha value is -3.02. The van der Waals surface area contributed by atoms with Crippen molar-refractivity contribution >= 4 is 11.9 Å². The number of nitrogens with zero attached hydrogens (tertiary/aromatic N) is 1. The van der Waals surface area contributed by atoms with Crippen LogP contribution in [0, 0.1) is 0 Å². The van der Waals surface area contributed by atoms with Gasteiger partial charge in [-0.15, -0.1) is 0 Å². The molecular formula is C21H22N2O4. The molecule has 27 heavy (non-hydrogen) atoms. The van der Waals surface area contributed by atoms with Crippen LogP contribution in [0.25, 0.3) is 0 Å². The lowest BCUT2D eigenvalue weighted by atomic mass is 9.84. The largest absolute Gasteiger partial charge is 0.493 e. The average Bonchev–Trinajstić information content (AvgIpc) is 2.93. The van der Waals surface area contributed by atoms with Gasteiger partial charge in [0, 0.05) is 12.0 Å². The summed E-state index contributed by atoms with van der Waals surface area (Å²) < 4.78 is 11.4. The number of rotatable bonds is 5. The summed E-state index contributed by atoms with van der Waals surface area (Å²) in [5, 5.41) is 2.89. The fraction of sp³-hybridized carbons (Fsp3) is 0.333. The van der Waals surface area contributed by atoms with Gasteiger partial charge in [-0.1, -0.05) is 37.3 Å². The Balaban J connectivity index is 1.48. The van der Waals surface area contributed by atoms with Gasteiger partial charge < -0.3 is 14.8 Å². The van der Waals surface area contributed by atoms with E-state index in [4.69, 9.17) is 9.47 Å². The number of imide groups is 1. The number of amides is 3. The predicted molar refractivity (Wildman–Crippen MR) is 99.8 cm³/mol. The highest BCUT2D eigenvalue weighted by Crippen LogP contribution is 2.40. The molecule has 4 rings (SSSR count). The third-order valence-corrected chi connectivity index (χ3v) is 5.15. The summed E-state index contributed by atoms with van der Waals surface area (Å²) in [5.74, 6) is 1.15. The number of urea groups is 1. The van der Waals surface area contributed by atoms with Crippen molar-refractivity contribution in [3.8, 4) is 11.5 Å². The SMILES string of the molecule is CCc1cccc(OCCN2C(=O)NC3(CCOc4ccccc43)C2=O)c1. The first-order valence-corrected chi connectivity index (χ1v) is 9.22. The molecule has 6 heteroatoms. The molecule has 2 aromatic carbocycles. The summed E-state index contributed by atoms with van der Waals surface area (Å²) in [6.07, 6.45) is 1.35. The van der Waals surface area contributed by atoms with Gasteiger partial charge >= 0.3 is 6.03 Å². The van der Waals surface area contributed by atoms with E-state index in [1.807, 2.05) is 48.5 Å². The fourth-order valence-corrected chi connectivity index (χ4v) is 3.68. The molecule has 1 spiro atoms. The van der Waals surface area contributed by atoms with Crippen LogP contribution in [0.4, 0.5) is 4.79 Å². The number of para-hydroxylation sites is 1. The highest BCUT2D eigenvalue weighted by Gasteiger charge is 2.54. The van der Waals surface area contributed by atoms with E-state index >= 15 is 0 Å². The second kappa shape index (κ2) is 6.95. The molecule has 1 N–H and O–H groups in total. The van der Waals surface area contributed by atoms with Gasteiger partial charge in [-0.25, -0.2) is 4.79 Å². The average molecular weight is 366 g/mol. The molecule has 140 valence electrons. The third kappa shape index (κ3) is 3.01. The van der Waals surface area contributed by atoms with Gasteiger partial charge in [-0.3, -0.25) is 9.69 Å². The molecule has 6 nitrogen and oxygen atoms in total. The first kappa shape index (κ1) is 17.4. The van der Waals surface area contributed by atoms with Crippen LogP contribution in [0.2, 0.25) is 0 Å². The van der Waals surface area contributed by atoms with Gasteiger partial charge in [0.15, 0.2) is 5.54 Å². The molecule has 2 heterocycles. The van der Waals surface area contributed by atoms with Crippen molar-refractivity contribution in [3.05, 3.63) is 59.7 Å². The molecule has 2 aliphatic rings. The first-order chi connectivity index (χ1) is 13.1. The van der Waals surface area contributed by atoms with Crippen LogP contribution in [-0.2, 0) is 16.8 Å². The highest BCUT2D eigenvalue weighted by molar-refractivity contribution is 6.07. The zero-order chi connectivity index (χ0) is 18.9. The Morgan fingerprint density at radius 2 is 2.04 bits per heavy atom. The van der Waals surface area contributed by atoms with Crippen molar-refractivity contribution in [2.45, 2.75) is 25.3 Å². The van der Waals surface area contributed by atoms with E-state index in [0.29, 0.717) is 24.3 Å². The number of ether oxygens (including phenoxy) is 2. The summed E-state index contributed by atoms with van der Waals surface area (Å²) in [7, 11) is 0. The number of hydrogen-bond donors (Lipinski definition) is 1. The van der Waals surface area contributed by atoms with E-state index in [2.05, 4.69) is 12.2 Å². The minimum absolute atomic E-state index is 0.200. The maximum Gasteiger partial charge on any atom is 0.325 e. The second-order valence-electron chi connectivity index (χ2n) is 6.74. The summed E-state index contributed by atoms with van der Waals surface area (Å²) in [5.41, 5.74) is 0.863. The monoisotopic (exact) mass is 366 g/mol. The van der Waals surface area contributed by atoms with Gasteiger partial charge in [0.2, 0.25) is 0 Å². The van der Waals surface area contributed by atoms with Crippen LogP contribution >= 0.6 is 0 Å². The summed E-state index contributed by atoms with van der Waals surface area (Å²) in [6, 6.07) is 14.8. The molecule has 0 saturated carbocycles. The summed E-state index contributed by atoms with van der Waals surface area (Å²) in [6.45, 7) is 2.92. The Labute approximate surface area is 158 Å². The summed E-state index contributed by atoms with van der Waals surface area (Å²) >= 11 is 0. The van der Waals surface area contributed by atoms with Crippen LogP contribution in [-0.4, -0.2) is 36.6 Å². The van der Waals surface area contributed by atoms with E-state index in [0.717, 1.165) is 12.2 Å². The number of nitrogens with one attached hydrogen (secondary N) is 1. The van der Waals surface area contributed by atoms with E-state index in [-0.39, 0.29) is 25.1 Å². The summed E-state index contributed by atoms with van der Waals surface area (Å²) in [4.78, 5) is 26.9. The van der Waals surface area contributed by atoms with E-state index in [1.165, 1.54) is 10.5 Å². The van der Waals surface area contributed by atoms with Crippen molar-refractivity contribution in [1.82, 2.24) is 10.2 Å². The number of fused-ring (bicyclic) bond motifs is 2. The normalized spacial score (nSPS) is 21.0. The molecule has 1 atom stereocenters. The van der Waals surface area contributed by atoms with E-state index in [1.54, 1.807) is 0 Å². The van der Waals surface area contributed by atoms with Crippen LogP contribution in [0.1, 0.15) is 24.5 Å². The topological polar surface area (TPSA) is 67.9 Å². The van der Waals surface area contributed by atoms with Crippen LogP contribution in [0.3, 0.4) is 0 Å². The molecule has 2 aliphatic heterocycles. The lowest BCUT2D eigenvalue weighted by Gasteiger charge is -2.33. The Kier molecular flexibility index (Phi) is 4.48. The number of carbonyl (C=O) groups excluding carboxylic acids is 2. The van der Waals surface area contributed by atoms with Crippen LogP contribution < -0.4 is 14.8 Å². The Morgan fingerprint density at radius 1 is 1.19 bits per heavy atom. The molecule has 0 bridgehead atoms. The fourth-order valence-electron chi connectivity index (χ4n) is 3.68. The smallest absolute Gasteiger partial charge is 0.325 e. The minimum Gasteiger partial charge on any atom is -0.493 e. The maximum absolute atomic E-state index is 13.1. The lowest BCUT2D eigenvalue weighted by Crippen LogP contribution is -2.47. The van der Waals surface area contributed by atoms with E-state index in [9.17, 15) is 9.59 Å². The van der Waals surface area contributed by atoms with Gasteiger partial charge in [0.25, 0.3) is 5.91 Å². The molecular weight excluding hydrogens is 344 g/mol. The van der Waals surface area contributed by atoms with Crippen molar-refractivity contribution in [3.63, 3.8) is 0 Å². The van der Waals surface area contributed by atoms with Crippen molar-refractivity contribution in [1.29, 1.82) is 0 Å². The molecule has 1 fully saturated rings. The number of aryl methyl sites for hydroxylation is 1. The second-order valence-corrected chi connectivity index (χ2v) is 6.74. The number of carbonyl (C=O) groups is 2. The Bertz CT molecular complexity index is 882. The maximum atomic E-state index is 13.1. The van der Waals surface area contributed by atoms with Gasteiger partial charge in [0.05, 0.1) is 13.2 Å². The highest BCUT2D eigenvalue weighted by atomic mass is 16.5. The zero-order valence-electron chi connectivity index (χ0n) is 15.2. The quantitative estimate of drug-likeness (QED) is 0.827. The molecule has 3 amide bonds. The zero-order valence-corrected chi connectivity index (χ0v) is 15.2. The molecule has 1 unspecified atom stereocenters. The standard InChI is InChI=1S/C21H22N2O4/c1-2-15-6-5-7-16(14-15)26-13-11-23-19(24)21(22-20(23)25)10-12-27-18-9-4-3-8-17(18)21/h3-9,14H,2,10-13H2,1H3,(H,22,25). The lowest BCUT2D eigenvalue weighted by molar-refractivity contribution is -0.132.